The van der Waals surface area contributed by atoms with E-state index >= 15 is 0 Å². The molecule has 1 heterocycles. The van der Waals surface area contributed by atoms with Crippen LogP contribution in [0.3, 0.4) is 0 Å². The van der Waals surface area contributed by atoms with Gasteiger partial charge in [0.05, 0.1) is 32.6 Å². The summed E-state index contributed by atoms with van der Waals surface area (Å²) in [4.78, 5) is 24.7. The van der Waals surface area contributed by atoms with Crippen molar-refractivity contribution < 1.29 is 23.6 Å². The van der Waals surface area contributed by atoms with Gasteiger partial charge in [0.2, 0.25) is 0 Å². The maximum atomic E-state index is 12.4. The second-order valence-corrected chi connectivity index (χ2v) is 7.54. The van der Waals surface area contributed by atoms with Crippen LogP contribution >= 0.6 is 23.2 Å². The normalized spacial score (nSPS) is 11.6. The first-order chi connectivity index (χ1) is 14.8. The molecule has 2 aromatic carbocycles. The van der Waals surface area contributed by atoms with E-state index in [1.807, 2.05) is 13.8 Å². The van der Waals surface area contributed by atoms with Crippen LogP contribution in [0.5, 0.6) is 5.75 Å². The van der Waals surface area contributed by atoms with Crippen LogP contribution in [0.15, 0.2) is 47.0 Å². The van der Waals surface area contributed by atoms with Gasteiger partial charge in [0, 0.05) is 0 Å². The van der Waals surface area contributed by atoms with Crippen LogP contribution in [-0.2, 0) is 16.1 Å². The largest absolute Gasteiger partial charge is 0.489 e. The van der Waals surface area contributed by atoms with E-state index in [1.54, 1.807) is 42.5 Å². The Kier molecular flexibility index (Phi) is 7.20. The summed E-state index contributed by atoms with van der Waals surface area (Å²) in [5, 5.41) is 6.99. The number of amides is 1. The molecular weight excluding hydrogens is 443 g/mol. The summed E-state index contributed by atoms with van der Waals surface area (Å²) < 4.78 is 16.1. The van der Waals surface area contributed by atoms with E-state index in [-0.39, 0.29) is 10.6 Å². The summed E-state index contributed by atoms with van der Waals surface area (Å²) in [6.45, 7) is 5.42. The lowest BCUT2D eigenvalue weighted by atomic mass is 10.2. The smallest absolute Gasteiger partial charge is 0.338 e. The average Bonchev–Trinajstić information content (AvgIpc) is 3.07. The number of benzene rings is 2. The molecule has 1 unspecified atom stereocenters. The van der Waals surface area contributed by atoms with Gasteiger partial charge in [-0.25, -0.2) is 4.79 Å². The Balaban J connectivity index is 1.56. The summed E-state index contributed by atoms with van der Waals surface area (Å²) in [7, 11) is 0. The molecule has 0 fully saturated rings. The van der Waals surface area contributed by atoms with E-state index in [1.165, 1.54) is 6.92 Å². The highest BCUT2D eigenvalue weighted by molar-refractivity contribution is 6.44. The van der Waals surface area contributed by atoms with Crippen LogP contribution in [0.1, 0.15) is 34.3 Å². The Morgan fingerprint density at radius 1 is 1.13 bits per heavy atom. The zero-order chi connectivity index (χ0) is 22.5. The molecule has 162 valence electrons. The third-order valence-corrected chi connectivity index (χ3v) is 5.34. The molecule has 0 aliphatic rings. The van der Waals surface area contributed by atoms with Crippen molar-refractivity contribution in [2.45, 2.75) is 33.5 Å². The van der Waals surface area contributed by atoms with Crippen molar-refractivity contribution in [3.05, 3.63) is 75.1 Å². The fourth-order valence-electron chi connectivity index (χ4n) is 2.67. The van der Waals surface area contributed by atoms with Gasteiger partial charge in [-0.1, -0.05) is 34.4 Å². The van der Waals surface area contributed by atoms with Crippen molar-refractivity contribution in [3.8, 4) is 5.75 Å². The summed E-state index contributed by atoms with van der Waals surface area (Å²) in [6, 6.07) is 11.3. The van der Waals surface area contributed by atoms with Gasteiger partial charge in [0.25, 0.3) is 5.91 Å². The number of halogens is 2. The number of esters is 1. The van der Waals surface area contributed by atoms with E-state index in [0.29, 0.717) is 28.8 Å². The molecule has 1 aromatic heterocycles. The van der Waals surface area contributed by atoms with Gasteiger partial charge in [0.15, 0.2) is 6.10 Å². The Labute approximate surface area is 189 Å². The molecule has 0 saturated heterocycles. The molecule has 0 radical (unpaired) electrons. The van der Waals surface area contributed by atoms with Crippen molar-refractivity contribution >= 4 is 40.8 Å². The van der Waals surface area contributed by atoms with Crippen LogP contribution in [0, 0.1) is 13.8 Å². The van der Waals surface area contributed by atoms with Crippen molar-refractivity contribution in [2.24, 2.45) is 0 Å². The number of aryl methyl sites for hydroxylation is 2. The Bertz CT molecular complexity index is 1080. The molecule has 0 saturated carbocycles. The lowest BCUT2D eigenvalue weighted by molar-refractivity contribution is -0.123. The van der Waals surface area contributed by atoms with E-state index in [0.717, 1.165) is 11.3 Å². The highest BCUT2D eigenvalue weighted by Gasteiger charge is 2.20. The van der Waals surface area contributed by atoms with Gasteiger partial charge in [-0.3, -0.25) is 4.79 Å². The first-order valence-corrected chi connectivity index (χ1v) is 10.1. The van der Waals surface area contributed by atoms with Crippen LogP contribution in [0.25, 0.3) is 0 Å². The molecular formula is C22H20Cl2N2O5. The Hall–Kier alpha value is -3.03. The first kappa shape index (κ1) is 22.7. The van der Waals surface area contributed by atoms with Gasteiger partial charge in [0.1, 0.15) is 18.1 Å². The molecule has 1 atom stereocenters. The molecule has 9 heteroatoms. The molecule has 3 aromatic rings. The van der Waals surface area contributed by atoms with Crippen LogP contribution in [-0.4, -0.2) is 23.1 Å². The van der Waals surface area contributed by atoms with Crippen molar-refractivity contribution in [2.75, 3.05) is 5.32 Å². The van der Waals surface area contributed by atoms with E-state index in [4.69, 9.17) is 37.2 Å². The standard InChI is InChI=1S/C22H20Cl2N2O5/c1-12-17(13(2)31-26-12)11-29-16-9-7-15(8-10-16)22(28)30-14(3)21(27)25-19-6-4-5-18(23)20(19)24/h4-10,14H,11H2,1-3H3,(H,25,27). The number of ether oxygens (including phenoxy) is 2. The number of hydrogen-bond donors (Lipinski definition) is 1. The molecule has 0 aliphatic heterocycles. The third kappa shape index (κ3) is 5.57. The van der Waals surface area contributed by atoms with Gasteiger partial charge >= 0.3 is 5.97 Å². The number of nitrogens with zero attached hydrogens (tertiary/aromatic N) is 1. The maximum absolute atomic E-state index is 12.4. The number of rotatable bonds is 7. The summed E-state index contributed by atoms with van der Waals surface area (Å²) in [6.07, 6.45) is -1.04. The van der Waals surface area contributed by atoms with Crippen molar-refractivity contribution in [3.63, 3.8) is 0 Å². The van der Waals surface area contributed by atoms with Gasteiger partial charge in [-0.2, -0.15) is 0 Å². The highest BCUT2D eigenvalue weighted by atomic mass is 35.5. The first-order valence-electron chi connectivity index (χ1n) is 9.36. The predicted molar refractivity (Wildman–Crippen MR) is 117 cm³/mol. The fraction of sp³-hybridized carbons (Fsp3) is 0.227. The minimum absolute atomic E-state index is 0.211. The second-order valence-electron chi connectivity index (χ2n) is 6.75. The molecule has 31 heavy (non-hydrogen) atoms. The average molecular weight is 463 g/mol. The van der Waals surface area contributed by atoms with Gasteiger partial charge in [-0.15, -0.1) is 0 Å². The van der Waals surface area contributed by atoms with E-state index in [9.17, 15) is 9.59 Å². The molecule has 3 rings (SSSR count). The SMILES string of the molecule is Cc1noc(C)c1COc1ccc(C(=O)OC(C)C(=O)Nc2cccc(Cl)c2Cl)cc1. The molecule has 0 aliphatic carbocycles. The minimum Gasteiger partial charge on any atom is -0.489 e. The number of hydrogen-bond acceptors (Lipinski definition) is 6. The van der Waals surface area contributed by atoms with Crippen molar-refractivity contribution in [1.82, 2.24) is 5.16 Å². The topological polar surface area (TPSA) is 90.7 Å². The number of carbonyl (C=O) groups is 2. The lowest BCUT2D eigenvalue weighted by Crippen LogP contribution is -2.30. The van der Waals surface area contributed by atoms with E-state index < -0.39 is 18.0 Å². The van der Waals surface area contributed by atoms with Gasteiger partial charge < -0.3 is 19.3 Å². The highest BCUT2D eigenvalue weighted by Crippen LogP contribution is 2.29. The summed E-state index contributed by atoms with van der Waals surface area (Å²) in [5.74, 6) is 0.0935. The van der Waals surface area contributed by atoms with Crippen LogP contribution in [0.4, 0.5) is 5.69 Å². The van der Waals surface area contributed by atoms with Crippen LogP contribution in [0.2, 0.25) is 10.0 Å². The summed E-state index contributed by atoms with van der Waals surface area (Å²) in [5.41, 5.74) is 2.26. The van der Waals surface area contributed by atoms with Gasteiger partial charge in [-0.05, 0) is 57.2 Å². The molecule has 7 nitrogen and oxygen atoms in total. The van der Waals surface area contributed by atoms with E-state index in [2.05, 4.69) is 10.5 Å². The molecule has 1 N–H and O–H groups in total. The zero-order valence-corrected chi connectivity index (χ0v) is 18.6. The second kappa shape index (κ2) is 9.85. The molecule has 0 bridgehead atoms. The maximum Gasteiger partial charge on any atom is 0.338 e. The number of nitrogens with one attached hydrogen (secondary N) is 1. The third-order valence-electron chi connectivity index (χ3n) is 4.52. The van der Waals surface area contributed by atoms with Crippen molar-refractivity contribution in [1.29, 1.82) is 0 Å². The quantitative estimate of drug-likeness (QED) is 0.475. The Morgan fingerprint density at radius 3 is 2.48 bits per heavy atom. The minimum atomic E-state index is -1.04. The zero-order valence-electron chi connectivity index (χ0n) is 17.1. The number of anilines is 1. The fourth-order valence-corrected chi connectivity index (χ4v) is 3.02. The number of aromatic nitrogens is 1. The lowest BCUT2D eigenvalue weighted by Gasteiger charge is -2.15. The monoisotopic (exact) mass is 462 g/mol. The summed E-state index contributed by atoms with van der Waals surface area (Å²) >= 11 is 12.0. The predicted octanol–water partition coefficient (Wildman–Crippen LogP) is 5.36. The number of carbonyl (C=O) groups excluding carboxylic acids is 2. The Morgan fingerprint density at radius 2 is 1.84 bits per heavy atom. The molecule has 0 spiro atoms. The van der Waals surface area contributed by atoms with Crippen LogP contribution < -0.4 is 10.1 Å². The molecule has 1 amide bonds.